The molecule has 2 rings (SSSR count). The summed E-state index contributed by atoms with van der Waals surface area (Å²) in [6.07, 6.45) is 5.60. The van der Waals surface area contributed by atoms with Crippen molar-refractivity contribution in [3.05, 3.63) is 24.0 Å². The minimum Gasteiger partial charge on any atom is -0.490 e. The molecular formula is C14H23N3O. The molecule has 0 amide bonds. The predicted molar refractivity (Wildman–Crippen MR) is 72.6 cm³/mol. The number of likely N-dealkylation sites (N-methyl/N-ethyl adjacent to an activating group) is 1. The van der Waals surface area contributed by atoms with Crippen molar-refractivity contribution in [1.82, 2.24) is 9.88 Å². The van der Waals surface area contributed by atoms with Gasteiger partial charge in [0.2, 0.25) is 0 Å². The maximum absolute atomic E-state index is 5.81. The first kappa shape index (κ1) is 13.3. The van der Waals surface area contributed by atoms with E-state index < -0.39 is 0 Å². The number of pyridine rings is 1. The van der Waals surface area contributed by atoms with Gasteiger partial charge in [-0.05, 0) is 45.5 Å². The van der Waals surface area contributed by atoms with Crippen LogP contribution in [0.5, 0.6) is 5.75 Å². The summed E-state index contributed by atoms with van der Waals surface area (Å²) in [7, 11) is 2.17. The average molecular weight is 249 g/mol. The molecular weight excluding hydrogens is 226 g/mol. The highest BCUT2D eigenvalue weighted by Crippen LogP contribution is 2.17. The zero-order chi connectivity index (χ0) is 13.0. The lowest BCUT2D eigenvalue weighted by Crippen LogP contribution is -2.40. The lowest BCUT2D eigenvalue weighted by atomic mass is 10.0. The van der Waals surface area contributed by atoms with E-state index in [0.29, 0.717) is 6.04 Å². The third-order valence-corrected chi connectivity index (χ3v) is 3.59. The smallest absolute Gasteiger partial charge is 0.137 e. The van der Waals surface area contributed by atoms with E-state index >= 15 is 0 Å². The number of piperidine rings is 1. The van der Waals surface area contributed by atoms with Crippen molar-refractivity contribution in [2.75, 3.05) is 20.2 Å². The Morgan fingerprint density at radius 3 is 2.94 bits per heavy atom. The molecule has 4 heteroatoms. The molecule has 0 radical (unpaired) electrons. The van der Waals surface area contributed by atoms with E-state index in [2.05, 4.69) is 16.9 Å². The molecule has 0 bridgehead atoms. The minimum atomic E-state index is -0.0245. The van der Waals surface area contributed by atoms with Crippen molar-refractivity contribution in [1.29, 1.82) is 0 Å². The molecule has 0 saturated carbocycles. The maximum atomic E-state index is 5.81. The van der Waals surface area contributed by atoms with Crippen LogP contribution in [0.1, 0.15) is 37.9 Å². The number of likely N-dealkylation sites (tertiary alicyclic amines) is 1. The molecule has 2 atom stereocenters. The Morgan fingerprint density at radius 2 is 2.33 bits per heavy atom. The standard InChI is InChI=1S/C14H23N3O/c1-11(15)14-7-6-13(9-16-14)18-10-12-5-3-4-8-17(12)2/h6-7,9,11-12H,3-5,8,10,15H2,1-2H3/t11-,12?/m1/s1. The molecule has 1 saturated heterocycles. The third kappa shape index (κ3) is 3.43. The summed E-state index contributed by atoms with van der Waals surface area (Å²) in [4.78, 5) is 6.68. The summed E-state index contributed by atoms with van der Waals surface area (Å²) in [5, 5.41) is 0. The molecule has 1 aromatic rings. The number of nitrogens with zero attached hydrogens (tertiary/aromatic N) is 2. The van der Waals surface area contributed by atoms with Crippen LogP contribution >= 0.6 is 0 Å². The zero-order valence-electron chi connectivity index (χ0n) is 11.3. The summed E-state index contributed by atoms with van der Waals surface area (Å²) >= 11 is 0. The summed E-state index contributed by atoms with van der Waals surface area (Å²) in [5.41, 5.74) is 6.66. The van der Waals surface area contributed by atoms with Crippen LogP contribution in [0.15, 0.2) is 18.3 Å². The summed E-state index contributed by atoms with van der Waals surface area (Å²) in [6, 6.07) is 4.40. The molecule has 18 heavy (non-hydrogen) atoms. The maximum Gasteiger partial charge on any atom is 0.137 e. The molecule has 2 heterocycles. The first-order chi connectivity index (χ1) is 8.66. The predicted octanol–water partition coefficient (Wildman–Crippen LogP) is 1.96. The molecule has 1 aromatic heterocycles. The highest BCUT2D eigenvalue weighted by atomic mass is 16.5. The Hall–Kier alpha value is -1.13. The van der Waals surface area contributed by atoms with Crippen LogP contribution in [0.3, 0.4) is 0 Å². The monoisotopic (exact) mass is 249 g/mol. The van der Waals surface area contributed by atoms with Gasteiger partial charge in [0.25, 0.3) is 0 Å². The quantitative estimate of drug-likeness (QED) is 0.886. The molecule has 4 nitrogen and oxygen atoms in total. The van der Waals surface area contributed by atoms with Crippen molar-refractivity contribution >= 4 is 0 Å². The zero-order valence-corrected chi connectivity index (χ0v) is 11.3. The van der Waals surface area contributed by atoms with E-state index in [1.165, 1.54) is 25.8 Å². The van der Waals surface area contributed by atoms with Gasteiger partial charge in [0, 0.05) is 12.1 Å². The molecule has 100 valence electrons. The van der Waals surface area contributed by atoms with E-state index in [0.717, 1.165) is 18.1 Å². The number of rotatable bonds is 4. The molecule has 1 fully saturated rings. The van der Waals surface area contributed by atoms with E-state index in [4.69, 9.17) is 10.5 Å². The highest BCUT2D eigenvalue weighted by Gasteiger charge is 2.19. The fourth-order valence-electron chi connectivity index (χ4n) is 2.29. The second kappa shape index (κ2) is 6.16. The van der Waals surface area contributed by atoms with Crippen molar-refractivity contribution in [2.45, 2.75) is 38.3 Å². The SMILES string of the molecule is C[C@@H](N)c1ccc(OCC2CCCCN2C)cn1. The van der Waals surface area contributed by atoms with Crippen molar-refractivity contribution in [3.63, 3.8) is 0 Å². The van der Waals surface area contributed by atoms with E-state index in [9.17, 15) is 0 Å². The molecule has 1 aliphatic rings. The number of ether oxygens (including phenoxy) is 1. The third-order valence-electron chi connectivity index (χ3n) is 3.59. The molecule has 2 N–H and O–H groups in total. The van der Waals surface area contributed by atoms with Gasteiger partial charge in [-0.25, -0.2) is 0 Å². The fraction of sp³-hybridized carbons (Fsp3) is 0.643. The second-order valence-electron chi connectivity index (χ2n) is 5.15. The lowest BCUT2D eigenvalue weighted by molar-refractivity contribution is 0.125. The van der Waals surface area contributed by atoms with Crippen molar-refractivity contribution in [3.8, 4) is 5.75 Å². The van der Waals surface area contributed by atoms with Crippen LogP contribution in [-0.2, 0) is 0 Å². The van der Waals surface area contributed by atoms with Gasteiger partial charge in [0.05, 0.1) is 11.9 Å². The Morgan fingerprint density at radius 1 is 1.50 bits per heavy atom. The largest absolute Gasteiger partial charge is 0.490 e. The first-order valence-corrected chi connectivity index (χ1v) is 6.71. The minimum absolute atomic E-state index is 0.0245. The van der Waals surface area contributed by atoms with Gasteiger partial charge >= 0.3 is 0 Å². The van der Waals surface area contributed by atoms with Gasteiger partial charge in [-0.1, -0.05) is 6.42 Å². The number of aromatic nitrogens is 1. The summed E-state index contributed by atoms with van der Waals surface area (Å²) in [5.74, 6) is 0.832. The Kier molecular flexibility index (Phi) is 4.55. The van der Waals surface area contributed by atoms with Crippen LogP contribution in [-0.4, -0.2) is 36.1 Å². The topological polar surface area (TPSA) is 51.4 Å². The van der Waals surface area contributed by atoms with E-state index in [1.54, 1.807) is 6.20 Å². The first-order valence-electron chi connectivity index (χ1n) is 6.71. The van der Waals surface area contributed by atoms with E-state index in [-0.39, 0.29) is 6.04 Å². The Labute approximate surface area is 109 Å². The van der Waals surface area contributed by atoms with Crippen LogP contribution < -0.4 is 10.5 Å². The van der Waals surface area contributed by atoms with Crippen LogP contribution in [0, 0.1) is 0 Å². The molecule has 1 aliphatic heterocycles. The van der Waals surface area contributed by atoms with Crippen LogP contribution in [0.25, 0.3) is 0 Å². The number of hydrogen-bond acceptors (Lipinski definition) is 4. The highest BCUT2D eigenvalue weighted by molar-refractivity contribution is 5.21. The Bertz CT molecular complexity index is 364. The number of nitrogens with two attached hydrogens (primary N) is 1. The molecule has 0 aromatic carbocycles. The van der Waals surface area contributed by atoms with Gasteiger partial charge in [-0.2, -0.15) is 0 Å². The molecule has 0 spiro atoms. The molecule has 0 aliphatic carbocycles. The second-order valence-corrected chi connectivity index (χ2v) is 5.15. The van der Waals surface area contributed by atoms with Crippen molar-refractivity contribution < 1.29 is 4.74 Å². The lowest BCUT2D eigenvalue weighted by Gasteiger charge is -2.32. The van der Waals surface area contributed by atoms with E-state index in [1.807, 2.05) is 19.1 Å². The molecule has 1 unspecified atom stereocenters. The number of hydrogen-bond donors (Lipinski definition) is 1. The fourth-order valence-corrected chi connectivity index (χ4v) is 2.29. The van der Waals surface area contributed by atoms with Crippen molar-refractivity contribution in [2.24, 2.45) is 5.73 Å². The van der Waals surface area contributed by atoms with Gasteiger partial charge in [-0.3, -0.25) is 4.98 Å². The van der Waals surface area contributed by atoms with Crippen LogP contribution in [0.4, 0.5) is 0 Å². The Balaban J connectivity index is 1.85. The summed E-state index contributed by atoms with van der Waals surface area (Å²) in [6.45, 7) is 3.85. The normalized spacial score (nSPS) is 22.7. The van der Waals surface area contributed by atoms with Gasteiger partial charge in [0.1, 0.15) is 12.4 Å². The van der Waals surface area contributed by atoms with Crippen LogP contribution in [0.2, 0.25) is 0 Å². The van der Waals surface area contributed by atoms with Gasteiger partial charge < -0.3 is 15.4 Å². The summed E-state index contributed by atoms with van der Waals surface area (Å²) < 4.78 is 5.81. The van der Waals surface area contributed by atoms with Gasteiger partial charge in [-0.15, -0.1) is 0 Å². The average Bonchev–Trinajstić information content (AvgIpc) is 2.38. The van der Waals surface area contributed by atoms with Gasteiger partial charge in [0.15, 0.2) is 0 Å².